The molecule has 120 valence electrons. The van der Waals surface area contributed by atoms with Crippen LogP contribution in [-0.2, 0) is 4.74 Å². The molecule has 24 heavy (non-hydrogen) atoms. The fraction of sp³-hybridized carbons (Fsp3) is 0.167. The van der Waals surface area contributed by atoms with Crippen LogP contribution < -0.4 is 4.90 Å². The largest absolute Gasteiger partial charge is 0.447 e. The topological polar surface area (TPSA) is 60.3 Å². The molecule has 2 heterocycles. The Kier molecular flexibility index (Phi) is 3.49. The van der Waals surface area contributed by atoms with Crippen LogP contribution in [0.1, 0.15) is 5.56 Å². The van der Waals surface area contributed by atoms with Gasteiger partial charge in [0, 0.05) is 5.56 Å². The summed E-state index contributed by atoms with van der Waals surface area (Å²) >= 11 is 0. The third-order valence-electron chi connectivity index (χ3n) is 3.99. The predicted molar refractivity (Wildman–Crippen MR) is 90.2 cm³/mol. The fourth-order valence-electron chi connectivity index (χ4n) is 2.75. The number of aryl methyl sites for hydroxylation is 1. The normalized spacial score (nSPS) is 14.0. The molecule has 1 aromatic heterocycles. The van der Waals surface area contributed by atoms with Crippen molar-refractivity contribution >= 4 is 11.9 Å². The molecule has 0 bridgehead atoms. The molecule has 0 unspecified atom stereocenters. The van der Waals surface area contributed by atoms with E-state index in [0.717, 1.165) is 16.8 Å². The first-order valence-electron chi connectivity index (χ1n) is 7.76. The van der Waals surface area contributed by atoms with E-state index in [0.29, 0.717) is 24.7 Å². The van der Waals surface area contributed by atoms with Crippen molar-refractivity contribution in [2.45, 2.75) is 6.92 Å². The summed E-state index contributed by atoms with van der Waals surface area (Å²) in [7, 11) is 0. The standard InChI is InChI=1S/C18H16N4O2/c1-13-7-9-15(10-8-13)22-17(21-11-12-24-18(21)23)16(19-20-22)14-5-3-2-4-6-14/h2-10H,11-12H2,1H3. The first-order chi connectivity index (χ1) is 11.7. The number of cyclic esters (lactones) is 1. The van der Waals surface area contributed by atoms with Crippen molar-refractivity contribution in [3.63, 3.8) is 0 Å². The van der Waals surface area contributed by atoms with Gasteiger partial charge in [0.2, 0.25) is 0 Å². The molecule has 1 aliphatic heterocycles. The Morgan fingerprint density at radius 1 is 1.04 bits per heavy atom. The van der Waals surface area contributed by atoms with Gasteiger partial charge >= 0.3 is 6.09 Å². The van der Waals surface area contributed by atoms with E-state index in [4.69, 9.17) is 4.74 Å². The summed E-state index contributed by atoms with van der Waals surface area (Å²) in [4.78, 5) is 13.7. The molecule has 0 N–H and O–H groups in total. The second-order valence-electron chi connectivity index (χ2n) is 5.64. The summed E-state index contributed by atoms with van der Waals surface area (Å²) < 4.78 is 6.80. The maximum absolute atomic E-state index is 12.1. The number of anilines is 1. The van der Waals surface area contributed by atoms with Gasteiger partial charge in [-0.05, 0) is 19.1 Å². The molecule has 1 amide bonds. The number of aromatic nitrogens is 3. The number of amides is 1. The van der Waals surface area contributed by atoms with Gasteiger partial charge in [0.25, 0.3) is 0 Å². The molecule has 6 nitrogen and oxygen atoms in total. The van der Waals surface area contributed by atoms with E-state index in [1.807, 2.05) is 61.5 Å². The molecule has 2 aromatic carbocycles. The van der Waals surface area contributed by atoms with Crippen molar-refractivity contribution in [2.24, 2.45) is 0 Å². The maximum Gasteiger partial charge on any atom is 0.415 e. The lowest BCUT2D eigenvalue weighted by Crippen LogP contribution is -2.26. The second kappa shape index (κ2) is 5.81. The van der Waals surface area contributed by atoms with Crippen LogP contribution in [0.5, 0.6) is 0 Å². The van der Waals surface area contributed by atoms with Crippen molar-refractivity contribution in [1.29, 1.82) is 0 Å². The van der Waals surface area contributed by atoms with Gasteiger partial charge in [-0.3, -0.25) is 4.90 Å². The number of hydrogen-bond donors (Lipinski definition) is 0. The van der Waals surface area contributed by atoms with E-state index in [1.165, 1.54) is 0 Å². The third-order valence-corrected chi connectivity index (χ3v) is 3.99. The summed E-state index contributed by atoms with van der Waals surface area (Å²) in [5.74, 6) is 0.632. The van der Waals surface area contributed by atoms with Crippen LogP contribution in [0, 0.1) is 6.92 Å². The number of ether oxygens (including phenoxy) is 1. The van der Waals surface area contributed by atoms with Gasteiger partial charge in [-0.15, -0.1) is 5.10 Å². The molecule has 0 radical (unpaired) electrons. The van der Waals surface area contributed by atoms with Crippen molar-refractivity contribution in [1.82, 2.24) is 15.0 Å². The summed E-state index contributed by atoms with van der Waals surface area (Å²) in [6.07, 6.45) is -0.372. The zero-order valence-electron chi connectivity index (χ0n) is 13.2. The van der Waals surface area contributed by atoms with Gasteiger partial charge in [0.15, 0.2) is 5.82 Å². The van der Waals surface area contributed by atoms with E-state index in [-0.39, 0.29) is 6.09 Å². The SMILES string of the molecule is Cc1ccc(-n2nnc(-c3ccccc3)c2N2CCOC2=O)cc1. The van der Waals surface area contributed by atoms with E-state index in [1.54, 1.807) is 9.58 Å². The number of hydrogen-bond acceptors (Lipinski definition) is 4. The lowest BCUT2D eigenvalue weighted by atomic mass is 10.1. The van der Waals surface area contributed by atoms with Crippen LogP contribution in [0.3, 0.4) is 0 Å². The van der Waals surface area contributed by atoms with Crippen LogP contribution in [0.15, 0.2) is 54.6 Å². The Bertz CT molecular complexity index is 872. The molecule has 1 saturated heterocycles. The molecule has 3 aromatic rings. The average Bonchev–Trinajstić information content (AvgIpc) is 3.22. The van der Waals surface area contributed by atoms with Crippen LogP contribution in [0.4, 0.5) is 10.6 Å². The van der Waals surface area contributed by atoms with Gasteiger partial charge in [-0.25, -0.2) is 4.79 Å². The summed E-state index contributed by atoms with van der Waals surface area (Å²) in [6.45, 7) is 2.88. The highest BCUT2D eigenvalue weighted by molar-refractivity contribution is 5.93. The molecule has 0 aliphatic carbocycles. The molecule has 1 aliphatic rings. The van der Waals surface area contributed by atoms with Crippen molar-refractivity contribution in [3.8, 4) is 16.9 Å². The zero-order valence-corrected chi connectivity index (χ0v) is 13.2. The molecule has 0 atom stereocenters. The molecular weight excluding hydrogens is 304 g/mol. The Balaban J connectivity index is 1.89. The quantitative estimate of drug-likeness (QED) is 0.743. The number of nitrogens with zero attached hydrogens (tertiary/aromatic N) is 4. The van der Waals surface area contributed by atoms with Gasteiger partial charge < -0.3 is 4.74 Å². The van der Waals surface area contributed by atoms with Gasteiger partial charge in [0.05, 0.1) is 12.2 Å². The molecule has 6 heteroatoms. The van der Waals surface area contributed by atoms with Crippen LogP contribution in [0.2, 0.25) is 0 Å². The number of carbonyl (C=O) groups is 1. The van der Waals surface area contributed by atoms with E-state index in [2.05, 4.69) is 10.3 Å². The van der Waals surface area contributed by atoms with Crippen LogP contribution in [-0.4, -0.2) is 34.2 Å². The lowest BCUT2D eigenvalue weighted by Gasteiger charge is -2.16. The third kappa shape index (κ3) is 2.42. The van der Waals surface area contributed by atoms with Crippen LogP contribution in [0.25, 0.3) is 16.9 Å². The summed E-state index contributed by atoms with van der Waals surface area (Å²) in [5, 5.41) is 8.62. The minimum absolute atomic E-state index is 0.367. The first kappa shape index (κ1) is 14.4. The zero-order chi connectivity index (χ0) is 16.5. The lowest BCUT2D eigenvalue weighted by molar-refractivity contribution is 0.181. The Hall–Kier alpha value is -3.15. The summed E-state index contributed by atoms with van der Waals surface area (Å²) in [5.41, 5.74) is 3.58. The Morgan fingerprint density at radius 3 is 2.46 bits per heavy atom. The second-order valence-corrected chi connectivity index (χ2v) is 5.64. The first-order valence-corrected chi connectivity index (χ1v) is 7.76. The highest BCUT2D eigenvalue weighted by Crippen LogP contribution is 2.32. The molecule has 4 rings (SSSR count). The molecular formula is C18H16N4O2. The Morgan fingerprint density at radius 2 is 1.79 bits per heavy atom. The van der Waals surface area contributed by atoms with E-state index < -0.39 is 0 Å². The van der Waals surface area contributed by atoms with Crippen molar-refractivity contribution in [3.05, 3.63) is 60.2 Å². The Labute approximate surface area is 139 Å². The fourth-order valence-corrected chi connectivity index (χ4v) is 2.75. The van der Waals surface area contributed by atoms with Crippen molar-refractivity contribution in [2.75, 3.05) is 18.1 Å². The van der Waals surface area contributed by atoms with Crippen molar-refractivity contribution < 1.29 is 9.53 Å². The highest BCUT2D eigenvalue weighted by Gasteiger charge is 2.31. The minimum Gasteiger partial charge on any atom is -0.447 e. The predicted octanol–water partition coefficient (Wildman–Crippen LogP) is 3.20. The van der Waals surface area contributed by atoms with Gasteiger partial charge in [-0.1, -0.05) is 53.2 Å². The molecule has 1 fully saturated rings. The monoisotopic (exact) mass is 320 g/mol. The minimum atomic E-state index is -0.372. The number of rotatable bonds is 3. The summed E-state index contributed by atoms with van der Waals surface area (Å²) in [6, 6.07) is 17.7. The smallest absolute Gasteiger partial charge is 0.415 e. The van der Waals surface area contributed by atoms with Gasteiger partial charge in [0.1, 0.15) is 12.3 Å². The maximum atomic E-state index is 12.1. The van der Waals surface area contributed by atoms with Crippen LogP contribution >= 0.6 is 0 Å². The number of carbonyl (C=O) groups excluding carboxylic acids is 1. The average molecular weight is 320 g/mol. The number of benzene rings is 2. The van der Waals surface area contributed by atoms with E-state index >= 15 is 0 Å². The van der Waals surface area contributed by atoms with E-state index in [9.17, 15) is 4.79 Å². The molecule has 0 spiro atoms. The van der Waals surface area contributed by atoms with Gasteiger partial charge in [-0.2, -0.15) is 4.68 Å². The highest BCUT2D eigenvalue weighted by atomic mass is 16.6. The molecule has 0 saturated carbocycles.